The van der Waals surface area contributed by atoms with Crippen LogP contribution in [0.2, 0.25) is 0 Å². The molecule has 6 heteroatoms. The Bertz CT molecular complexity index is 698. The quantitative estimate of drug-likeness (QED) is 0.794. The van der Waals surface area contributed by atoms with Crippen molar-refractivity contribution in [3.8, 4) is 0 Å². The number of carbonyl (C=O) groups excluding carboxylic acids is 1. The molecule has 2 aromatic rings. The molecule has 1 heterocycles. The van der Waals surface area contributed by atoms with E-state index >= 15 is 0 Å². The van der Waals surface area contributed by atoms with Crippen LogP contribution >= 0.6 is 11.8 Å². The van der Waals surface area contributed by atoms with E-state index in [1.807, 2.05) is 38.0 Å². The monoisotopic (exact) mass is 346 g/mol. The Morgan fingerprint density at radius 1 is 1.46 bits per heavy atom. The standard InChI is InChI=1S/C18H26N4OS/c1-6-14(3)24-16-7-8-17(13(2)9-16)20-18(23)21(4)11-15-10-19-22(5)12-15/h7-10,12,14H,6,11H2,1-5H3,(H,20,23)/t14-/m1/s1. The highest BCUT2D eigenvalue weighted by Crippen LogP contribution is 2.28. The highest BCUT2D eigenvalue weighted by molar-refractivity contribution is 7.99. The molecule has 0 aliphatic carbocycles. The van der Waals surface area contributed by atoms with Gasteiger partial charge in [0.05, 0.1) is 12.7 Å². The van der Waals surface area contributed by atoms with Crippen LogP contribution in [0.15, 0.2) is 35.5 Å². The molecule has 2 amide bonds. The van der Waals surface area contributed by atoms with E-state index in [-0.39, 0.29) is 6.03 Å². The van der Waals surface area contributed by atoms with E-state index in [0.717, 1.165) is 23.2 Å². The Morgan fingerprint density at radius 2 is 2.21 bits per heavy atom. The zero-order valence-electron chi connectivity index (χ0n) is 15.0. The number of urea groups is 1. The molecule has 0 aliphatic rings. The Morgan fingerprint density at radius 3 is 2.79 bits per heavy atom. The second kappa shape index (κ2) is 8.24. The van der Waals surface area contributed by atoms with Crippen molar-refractivity contribution in [2.24, 2.45) is 7.05 Å². The summed E-state index contributed by atoms with van der Waals surface area (Å²) in [5, 5.41) is 7.70. The van der Waals surface area contributed by atoms with Crippen LogP contribution in [0.3, 0.4) is 0 Å². The van der Waals surface area contributed by atoms with Crippen molar-refractivity contribution in [3.63, 3.8) is 0 Å². The average molecular weight is 347 g/mol. The first kappa shape index (κ1) is 18.4. The fourth-order valence-corrected chi connectivity index (χ4v) is 3.30. The van der Waals surface area contributed by atoms with Crippen molar-refractivity contribution in [2.45, 2.75) is 43.9 Å². The third-order valence-electron chi connectivity index (χ3n) is 3.88. The summed E-state index contributed by atoms with van der Waals surface area (Å²) in [5.41, 5.74) is 2.94. The van der Waals surface area contributed by atoms with E-state index in [9.17, 15) is 4.79 Å². The van der Waals surface area contributed by atoms with Crippen molar-refractivity contribution in [2.75, 3.05) is 12.4 Å². The Hall–Kier alpha value is -1.95. The predicted octanol–water partition coefficient (Wildman–Crippen LogP) is 4.28. The van der Waals surface area contributed by atoms with Gasteiger partial charge in [0.15, 0.2) is 0 Å². The van der Waals surface area contributed by atoms with Crippen LogP contribution < -0.4 is 5.32 Å². The summed E-state index contributed by atoms with van der Waals surface area (Å²) in [5.74, 6) is 0. The number of hydrogen-bond donors (Lipinski definition) is 1. The second-order valence-electron chi connectivity index (χ2n) is 6.12. The molecule has 0 unspecified atom stereocenters. The summed E-state index contributed by atoms with van der Waals surface area (Å²) in [6.07, 6.45) is 4.83. The number of aromatic nitrogens is 2. The first-order chi connectivity index (χ1) is 11.4. The maximum atomic E-state index is 12.4. The first-order valence-corrected chi connectivity index (χ1v) is 9.04. The molecule has 0 spiro atoms. The molecule has 0 bridgehead atoms. The lowest BCUT2D eigenvalue weighted by atomic mass is 10.2. The summed E-state index contributed by atoms with van der Waals surface area (Å²) in [6.45, 7) is 6.97. The van der Waals surface area contributed by atoms with Gasteiger partial charge in [-0.3, -0.25) is 4.68 Å². The Balaban J connectivity index is 1.97. The van der Waals surface area contributed by atoms with E-state index in [4.69, 9.17) is 0 Å². The van der Waals surface area contributed by atoms with Gasteiger partial charge < -0.3 is 10.2 Å². The summed E-state index contributed by atoms with van der Waals surface area (Å²) in [7, 11) is 3.65. The molecule has 1 N–H and O–H groups in total. The molecular formula is C18H26N4OS. The predicted molar refractivity (Wildman–Crippen MR) is 100 cm³/mol. The Labute approximate surface area is 148 Å². The number of benzene rings is 1. The molecule has 130 valence electrons. The molecular weight excluding hydrogens is 320 g/mol. The van der Waals surface area contributed by atoms with Gasteiger partial charge in [-0.15, -0.1) is 11.8 Å². The first-order valence-electron chi connectivity index (χ1n) is 8.16. The maximum absolute atomic E-state index is 12.4. The van der Waals surface area contributed by atoms with Gasteiger partial charge >= 0.3 is 6.03 Å². The van der Waals surface area contributed by atoms with Gasteiger partial charge in [0.1, 0.15) is 0 Å². The molecule has 24 heavy (non-hydrogen) atoms. The smallest absolute Gasteiger partial charge is 0.321 e. The molecule has 5 nitrogen and oxygen atoms in total. The topological polar surface area (TPSA) is 50.2 Å². The number of carbonyl (C=O) groups is 1. The van der Waals surface area contributed by atoms with Gasteiger partial charge in [-0.25, -0.2) is 4.79 Å². The van der Waals surface area contributed by atoms with E-state index < -0.39 is 0 Å². The highest BCUT2D eigenvalue weighted by atomic mass is 32.2. The fraction of sp³-hybridized carbons (Fsp3) is 0.444. The van der Waals surface area contributed by atoms with E-state index in [1.165, 1.54) is 4.90 Å². The number of rotatable bonds is 6. The van der Waals surface area contributed by atoms with E-state index in [1.54, 1.807) is 22.8 Å². The molecule has 0 radical (unpaired) electrons. The van der Waals surface area contributed by atoms with Crippen molar-refractivity contribution >= 4 is 23.5 Å². The molecule has 1 aromatic carbocycles. The van der Waals surface area contributed by atoms with Crippen molar-refractivity contribution in [3.05, 3.63) is 41.7 Å². The minimum absolute atomic E-state index is 0.121. The fourth-order valence-electron chi connectivity index (χ4n) is 2.28. The van der Waals surface area contributed by atoms with Crippen molar-refractivity contribution < 1.29 is 4.79 Å². The van der Waals surface area contributed by atoms with Crippen molar-refractivity contribution in [1.82, 2.24) is 14.7 Å². The number of nitrogens with zero attached hydrogens (tertiary/aromatic N) is 3. The zero-order valence-corrected chi connectivity index (χ0v) is 15.9. The lowest BCUT2D eigenvalue weighted by Gasteiger charge is -2.18. The minimum atomic E-state index is -0.121. The SMILES string of the molecule is CC[C@@H](C)Sc1ccc(NC(=O)N(C)Cc2cnn(C)c2)c(C)c1. The van der Waals surface area contributed by atoms with Gasteiger partial charge in [0.25, 0.3) is 0 Å². The largest absolute Gasteiger partial charge is 0.323 e. The lowest BCUT2D eigenvalue weighted by molar-refractivity contribution is 0.220. The van der Waals surface area contributed by atoms with Crippen LogP contribution in [0.4, 0.5) is 10.5 Å². The minimum Gasteiger partial charge on any atom is -0.323 e. The normalized spacial score (nSPS) is 12.0. The third kappa shape index (κ3) is 5.03. The number of hydrogen-bond acceptors (Lipinski definition) is 3. The summed E-state index contributed by atoms with van der Waals surface area (Å²) in [4.78, 5) is 15.3. The number of thioether (sulfide) groups is 1. The number of amides is 2. The molecule has 0 saturated heterocycles. The van der Waals surface area contributed by atoms with Gasteiger partial charge in [-0.2, -0.15) is 5.10 Å². The number of nitrogens with one attached hydrogen (secondary N) is 1. The molecule has 1 atom stereocenters. The van der Waals surface area contributed by atoms with E-state index in [2.05, 4.69) is 36.4 Å². The summed E-state index contributed by atoms with van der Waals surface area (Å²) >= 11 is 1.86. The van der Waals surface area contributed by atoms with E-state index in [0.29, 0.717) is 11.8 Å². The lowest BCUT2D eigenvalue weighted by Crippen LogP contribution is -2.31. The van der Waals surface area contributed by atoms with Crippen LogP contribution in [-0.2, 0) is 13.6 Å². The van der Waals surface area contributed by atoms with Crippen LogP contribution in [0, 0.1) is 6.92 Å². The summed E-state index contributed by atoms with van der Waals surface area (Å²) < 4.78 is 1.74. The van der Waals surface area contributed by atoms with Gasteiger partial charge in [-0.05, 0) is 37.1 Å². The summed E-state index contributed by atoms with van der Waals surface area (Å²) in [6, 6.07) is 6.06. The number of anilines is 1. The molecule has 2 rings (SSSR count). The third-order valence-corrected chi connectivity index (χ3v) is 5.14. The molecule has 0 fully saturated rings. The van der Waals surface area contributed by atoms with Crippen LogP contribution in [0.5, 0.6) is 0 Å². The second-order valence-corrected chi connectivity index (χ2v) is 7.63. The highest BCUT2D eigenvalue weighted by Gasteiger charge is 2.12. The molecule has 0 saturated carbocycles. The molecule has 1 aromatic heterocycles. The molecule has 0 aliphatic heterocycles. The van der Waals surface area contributed by atoms with Gasteiger partial charge in [-0.1, -0.05) is 13.8 Å². The van der Waals surface area contributed by atoms with Gasteiger partial charge in [0.2, 0.25) is 0 Å². The van der Waals surface area contributed by atoms with Crippen molar-refractivity contribution in [1.29, 1.82) is 0 Å². The van der Waals surface area contributed by atoms with Crippen LogP contribution in [0.1, 0.15) is 31.4 Å². The Kier molecular flexibility index (Phi) is 6.31. The van der Waals surface area contributed by atoms with Crippen LogP contribution in [0.25, 0.3) is 0 Å². The van der Waals surface area contributed by atoms with Crippen LogP contribution in [-0.4, -0.2) is 33.0 Å². The average Bonchev–Trinajstić information content (AvgIpc) is 2.94. The zero-order chi connectivity index (χ0) is 17.7. The number of aryl methyl sites for hydroxylation is 2. The maximum Gasteiger partial charge on any atom is 0.321 e. The van der Waals surface area contributed by atoms with Gasteiger partial charge in [0, 0.05) is 41.7 Å².